The van der Waals surface area contributed by atoms with Gasteiger partial charge in [-0.3, -0.25) is 4.79 Å². The second-order valence-corrected chi connectivity index (χ2v) is 19.7. The van der Waals surface area contributed by atoms with Gasteiger partial charge in [0.1, 0.15) is 0 Å². The predicted molar refractivity (Wildman–Crippen MR) is 299 cm³/mol. The summed E-state index contributed by atoms with van der Waals surface area (Å²) >= 11 is 0. The normalized spacial score (nSPS) is 13.4. The zero-order valence-corrected chi connectivity index (χ0v) is 44.7. The fourth-order valence-corrected chi connectivity index (χ4v) is 8.69. The third kappa shape index (κ3) is 54.4. The average Bonchev–Trinajstić information content (AvgIpc) is 3.33. The summed E-state index contributed by atoms with van der Waals surface area (Å²) in [4.78, 5) is 12.5. The third-order valence-electron chi connectivity index (χ3n) is 13.1. The standard InChI is InChI=1S/C63H113NO3/c1-3-5-7-9-11-13-15-17-19-21-23-25-27-29-30-31-32-33-35-36-38-40-42-44-46-48-50-52-54-56-58-62(66)61(60-65)64-63(67)59-57-55-53-51-49-47-45-43-41-39-37-34-28-26-24-22-20-18-16-14-12-10-8-6-4-2/h6,8,12,14,18,20,24,26,34,37,48,50,56,58,61-62,65-66H,3-5,7,9-11,13,15-17,19,21-23,25,27-33,35-36,38-47,49,51-55,57,59-60H2,1-2H3,(H,64,67)/b8-6-,14-12-,20-18-,26-24-,37-34-,50-48+,58-56+. The summed E-state index contributed by atoms with van der Waals surface area (Å²) in [5, 5.41) is 23.2. The van der Waals surface area contributed by atoms with Gasteiger partial charge in [0.2, 0.25) is 5.91 Å². The minimum absolute atomic E-state index is 0.0808. The summed E-state index contributed by atoms with van der Waals surface area (Å²) in [7, 11) is 0. The fraction of sp³-hybridized carbons (Fsp3) is 0.762. The first-order valence-corrected chi connectivity index (χ1v) is 29.3. The highest BCUT2D eigenvalue weighted by Crippen LogP contribution is 2.17. The Labute approximate surface area is 418 Å². The number of nitrogens with one attached hydrogen (secondary N) is 1. The fourth-order valence-electron chi connectivity index (χ4n) is 8.69. The van der Waals surface area contributed by atoms with Crippen LogP contribution in [0.25, 0.3) is 0 Å². The van der Waals surface area contributed by atoms with Crippen LogP contribution in [-0.4, -0.2) is 34.9 Å². The summed E-state index contributed by atoms with van der Waals surface area (Å²) < 4.78 is 0. The van der Waals surface area contributed by atoms with Crippen molar-refractivity contribution in [2.75, 3.05) is 6.61 Å². The molecule has 67 heavy (non-hydrogen) atoms. The molecule has 0 aromatic heterocycles. The molecule has 0 spiro atoms. The van der Waals surface area contributed by atoms with Crippen LogP contribution < -0.4 is 5.32 Å². The molecule has 0 aliphatic carbocycles. The Hall–Kier alpha value is -2.43. The molecule has 0 fully saturated rings. The lowest BCUT2D eigenvalue weighted by molar-refractivity contribution is -0.123. The van der Waals surface area contributed by atoms with Gasteiger partial charge in [0.05, 0.1) is 18.8 Å². The second kappa shape index (κ2) is 57.9. The van der Waals surface area contributed by atoms with Gasteiger partial charge in [-0.25, -0.2) is 0 Å². The van der Waals surface area contributed by atoms with Crippen LogP contribution in [0.4, 0.5) is 0 Å². The van der Waals surface area contributed by atoms with Crippen LogP contribution in [0.2, 0.25) is 0 Å². The van der Waals surface area contributed by atoms with Crippen molar-refractivity contribution in [2.24, 2.45) is 0 Å². The monoisotopic (exact) mass is 932 g/mol. The van der Waals surface area contributed by atoms with Crippen molar-refractivity contribution in [3.63, 3.8) is 0 Å². The molecule has 0 saturated heterocycles. The van der Waals surface area contributed by atoms with Crippen molar-refractivity contribution in [2.45, 2.75) is 302 Å². The number of carbonyl (C=O) groups is 1. The van der Waals surface area contributed by atoms with Crippen LogP contribution >= 0.6 is 0 Å². The maximum Gasteiger partial charge on any atom is 0.220 e. The van der Waals surface area contributed by atoms with E-state index in [1.165, 1.54) is 199 Å². The highest BCUT2D eigenvalue weighted by atomic mass is 16.3. The molecule has 2 unspecified atom stereocenters. The van der Waals surface area contributed by atoms with E-state index < -0.39 is 12.1 Å². The largest absolute Gasteiger partial charge is 0.394 e. The number of allylic oxidation sites excluding steroid dienone is 13. The second-order valence-electron chi connectivity index (χ2n) is 19.7. The van der Waals surface area contributed by atoms with E-state index in [9.17, 15) is 15.0 Å². The van der Waals surface area contributed by atoms with Crippen LogP contribution in [0.5, 0.6) is 0 Å². The average molecular weight is 933 g/mol. The van der Waals surface area contributed by atoms with Crippen molar-refractivity contribution < 1.29 is 15.0 Å². The number of hydrogen-bond donors (Lipinski definition) is 3. The van der Waals surface area contributed by atoms with E-state index >= 15 is 0 Å². The molecule has 2 atom stereocenters. The Kier molecular flexibility index (Phi) is 55.8. The van der Waals surface area contributed by atoms with Gasteiger partial charge in [-0.1, -0.05) is 292 Å². The maximum atomic E-state index is 12.5. The quantitative estimate of drug-likeness (QED) is 0.0420. The van der Waals surface area contributed by atoms with Gasteiger partial charge in [-0.05, 0) is 77.0 Å². The summed E-state index contributed by atoms with van der Waals surface area (Å²) in [5.41, 5.74) is 0. The summed E-state index contributed by atoms with van der Waals surface area (Å²) in [6.45, 7) is 4.20. The Morgan fingerprint density at radius 3 is 1.04 bits per heavy atom. The number of aliphatic hydroxyl groups is 2. The van der Waals surface area contributed by atoms with E-state index in [0.29, 0.717) is 6.42 Å². The molecule has 3 N–H and O–H groups in total. The SMILES string of the molecule is CC/C=C\C/C=C\C/C=C\C/C=C\C/C=C\CCCCCCCCCCCC(=O)NC(CO)C(O)/C=C/CC/C=C/CCCCCCCCCCCCCCCCCCCCCCCCCC. The van der Waals surface area contributed by atoms with E-state index in [1.807, 2.05) is 6.08 Å². The van der Waals surface area contributed by atoms with Crippen molar-refractivity contribution >= 4 is 5.91 Å². The number of amides is 1. The van der Waals surface area contributed by atoms with Crippen LogP contribution in [0.15, 0.2) is 85.1 Å². The van der Waals surface area contributed by atoms with E-state index in [0.717, 1.165) is 70.6 Å². The minimum atomic E-state index is -0.871. The highest BCUT2D eigenvalue weighted by molar-refractivity contribution is 5.76. The Morgan fingerprint density at radius 1 is 0.373 bits per heavy atom. The summed E-state index contributed by atoms with van der Waals surface area (Å²) in [6, 6.07) is -0.649. The molecule has 4 nitrogen and oxygen atoms in total. The molecule has 0 bridgehead atoms. The number of rotatable bonds is 53. The first-order valence-electron chi connectivity index (χ1n) is 29.3. The summed E-state index contributed by atoms with van der Waals surface area (Å²) in [6.07, 6.45) is 84.7. The lowest BCUT2D eigenvalue weighted by atomic mass is 10.0. The van der Waals surface area contributed by atoms with Crippen molar-refractivity contribution in [3.8, 4) is 0 Å². The third-order valence-corrected chi connectivity index (χ3v) is 13.1. The zero-order valence-electron chi connectivity index (χ0n) is 44.7. The van der Waals surface area contributed by atoms with Crippen molar-refractivity contribution in [1.29, 1.82) is 0 Å². The first kappa shape index (κ1) is 64.6. The predicted octanol–water partition coefficient (Wildman–Crippen LogP) is 19.5. The smallest absolute Gasteiger partial charge is 0.220 e. The zero-order chi connectivity index (χ0) is 48.5. The van der Waals surface area contributed by atoms with E-state index in [-0.39, 0.29) is 12.5 Å². The molecule has 0 radical (unpaired) electrons. The van der Waals surface area contributed by atoms with Gasteiger partial charge in [-0.15, -0.1) is 0 Å². The molecule has 0 heterocycles. The first-order chi connectivity index (χ1) is 33.2. The van der Waals surface area contributed by atoms with Crippen LogP contribution in [-0.2, 0) is 4.79 Å². The molecule has 0 aromatic carbocycles. The lowest BCUT2D eigenvalue weighted by Gasteiger charge is -2.19. The van der Waals surface area contributed by atoms with E-state index in [1.54, 1.807) is 6.08 Å². The minimum Gasteiger partial charge on any atom is -0.394 e. The highest BCUT2D eigenvalue weighted by Gasteiger charge is 2.18. The number of unbranched alkanes of at least 4 members (excludes halogenated alkanes) is 34. The Morgan fingerprint density at radius 2 is 0.672 bits per heavy atom. The molecule has 388 valence electrons. The van der Waals surface area contributed by atoms with Gasteiger partial charge >= 0.3 is 0 Å². The molecular formula is C63H113NO3. The van der Waals surface area contributed by atoms with Crippen molar-refractivity contribution in [3.05, 3.63) is 85.1 Å². The molecule has 0 aliphatic heterocycles. The van der Waals surface area contributed by atoms with Gasteiger partial charge in [-0.2, -0.15) is 0 Å². The van der Waals surface area contributed by atoms with Crippen LogP contribution in [0.1, 0.15) is 290 Å². The van der Waals surface area contributed by atoms with Gasteiger partial charge < -0.3 is 15.5 Å². The van der Waals surface area contributed by atoms with E-state index in [4.69, 9.17) is 0 Å². The van der Waals surface area contributed by atoms with Crippen LogP contribution in [0.3, 0.4) is 0 Å². The molecule has 0 rings (SSSR count). The molecule has 0 aliphatic rings. The maximum absolute atomic E-state index is 12.5. The summed E-state index contributed by atoms with van der Waals surface area (Å²) in [5.74, 6) is -0.0808. The van der Waals surface area contributed by atoms with Gasteiger partial charge in [0.25, 0.3) is 0 Å². The Bertz CT molecular complexity index is 1190. The van der Waals surface area contributed by atoms with Crippen molar-refractivity contribution in [1.82, 2.24) is 5.32 Å². The number of carbonyl (C=O) groups excluding carboxylic acids is 1. The lowest BCUT2D eigenvalue weighted by Crippen LogP contribution is -2.45. The molecule has 0 aromatic rings. The van der Waals surface area contributed by atoms with Gasteiger partial charge in [0.15, 0.2) is 0 Å². The van der Waals surface area contributed by atoms with E-state index in [2.05, 4.69) is 92.1 Å². The topological polar surface area (TPSA) is 69.6 Å². The van der Waals surface area contributed by atoms with Gasteiger partial charge in [0, 0.05) is 6.42 Å². The molecular weight excluding hydrogens is 819 g/mol. The molecule has 0 saturated carbocycles. The number of aliphatic hydroxyl groups excluding tert-OH is 2. The molecule has 4 heteroatoms. The number of hydrogen-bond acceptors (Lipinski definition) is 3. The van der Waals surface area contributed by atoms with Crippen LogP contribution in [0, 0.1) is 0 Å². The Balaban J connectivity index is 3.55. The molecule has 1 amide bonds.